The second-order valence-corrected chi connectivity index (χ2v) is 8.99. The van der Waals surface area contributed by atoms with Crippen molar-refractivity contribution in [1.82, 2.24) is 25.1 Å². The first-order valence-electron chi connectivity index (χ1n) is 11.6. The van der Waals surface area contributed by atoms with E-state index in [9.17, 15) is 19.5 Å². The lowest BCUT2D eigenvalue weighted by atomic mass is 9.91. The molecule has 2 N–H and O–H groups in total. The van der Waals surface area contributed by atoms with Crippen LogP contribution in [0.1, 0.15) is 33.1 Å². The minimum Gasteiger partial charge on any atom is -0.478 e. The fourth-order valence-corrected chi connectivity index (χ4v) is 4.60. The van der Waals surface area contributed by atoms with Gasteiger partial charge >= 0.3 is 5.97 Å². The summed E-state index contributed by atoms with van der Waals surface area (Å²) in [6.45, 7) is 0.322. The van der Waals surface area contributed by atoms with Crippen LogP contribution in [-0.2, 0) is 16.0 Å². The average Bonchev–Trinajstić information content (AvgIpc) is 3.46. The lowest BCUT2D eigenvalue weighted by molar-refractivity contribution is -0.135. The van der Waals surface area contributed by atoms with Gasteiger partial charge in [-0.1, -0.05) is 41.9 Å². The molecule has 1 unspecified atom stereocenters. The maximum atomic E-state index is 13.5. The molecular formula is C27H21ClN6O4. The second kappa shape index (κ2) is 10.7. The Morgan fingerprint density at radius 1 is 1.05 bits per heavy atom. The molecule has 1 aromatic heterocycles. The molecule has 0 spiro atoms. The Bertz CT molecular complexity index is 1550. The number of aromatic carboxylic acids is 1. The van der Waals surface area contributed by atoms with Gasteiger partial charge in [0.15, 0.2) is 0 Å². The highest BCUT2D eigenvalue weighted by Gasteiger charge is 2.35. The Labute approximate surface area is 222 Å². The lowest BCUT2D eigenvalue weighted by Gasteiger charge is -2.35. The number of anilines is 1. The molecule has 38 heavy (non-hydrogen) atoms. The average molecular weight is 529 g/mol. The quantitative estimate of drug-likeness (QED) is 0.364. The van der Waals surface area contributed by atoms with Crippen LogP contribution in [0.4, 0.5) is 5.69 Å². The summed E-state index contributed by atoms with van der Waals surface area (Å²) in [6, 6.07) is 17.6. The maximum Gasteiger partial charge on any atom is 0.335 e. The molecule has 0 saturated heterocycles. The molecule has 0 bridgehead atoms. The number of nitrogens with one attached hydrogen (secondary N) is 1. The molecule has 3 aromatic carbocycles. The molecule has 2 heterocycles. The van der Waals surface area contributed by atoms with Gasteiger partial charge in [-0.15, -0.1) is 5.10 Å². The molecule has 2 amide bonds. The minimum atomic E-state index is -1.10. The number of carbonyl (C=O) groups excluding carboxylic acids is 2. The largest absolute Gasteiger partial charge is 0.478 e. The standard InChI is InChI=1S/C27H21ClN6O4/c28-20-9-10-23(34-16-29-31-32-34)18(14-20)8-11-24(35)33-13-12-17-4-1-2-7-22(17)25(33)26(36)30-21-6-3-5-19(15-21)27(37)38/h1-11,14-16,25H,12-13H2,(H,30,36)(H,37,38). The Morgan fingerprint density at radius 2 is 1.89 bits per heavy atom. The summed E-state index contributed by atoms with van der Waals surface area (Å²) >= 11 is 6.19. The number of halogens is 1. The molecule has 5 rings (SSSR count). The van der Waals surface area contributed by atoms with Crippen molar-refractivity contribution in [3.63, 3.8) is 0 Å². The van der Waals surface area contributed by atoms with E-state index in [1.165, 1.54) is 34.1 Å². The molecule has 0 aliphatic carbocycles. The van der Waals surface area contributed by atoms with E-state index in [1.54, 1.807) is 36.4 Å². The highest BCUT2D eigenvalue weighted by molar-refractivity contribution is 6.30. The van der Waals surface area contributed by atoms with E-state index in [4.69, 9.17) is 11.6 Å². The summed E-state index contributed by atoms with van der Waals surface area (Å²) in [6.07, 6.45) is 5.01. The predicted molar refractivity (Wildman–Crippen MR) is 140 cm³/mol. The number of fused-ring (bicyclic) bond motifs is 1. The third kappa shape index (κ3) is 5.16. The zero-order valence-corrected chi connectivity index (χ0v) is 20.6. The summed E-state index contributed by atoms with van der Waals surface area (Å²) in [5, 5.41) is 23.8. The fraction of sp³-hybridized carbons (Fsp3) is 0.111. The van der Waals surface area contributed by atoms with E-state index < -0.39 is 17.9 Å². The van der Waals surface area contributed by atoms with Gasteiger partial charge in [-0.2, -0.15) is 4.68 Å². The first kappa shape index (κ1) is 24.8. The lowest BCUT2D eigenvalue weighted by Crippen LogP contribution is -2.44. The van der Waals surface area contributed by atoms with Gasteiger partial charge in [0.1, 0.15) is 12.4 Å². The number of tetrazole rings is 1. The van der Waals surface area contributed by atoms with E-state index in [0.717, 1.165) is 5.56 Å². The zero-order valence-electron chi connectivity index (χ0n) is 19.9. The number of benzene rings is 3. The summed E-state index contributed by atoms with van der Waals surface area (Å²) < 4.78 is 1.46. The summed E-state index contributed by atoms with van der Waals surface area (Å²) in [5.41, 5.74) is 3.29. The number of carbonyl (C=O) groups is 3. The van der Waals surface area contributed by atoms with Crippen LogP contribution >= 0.6 is 11.6 Å². The molecule has 0 fully saturated rings. The zero-order chi connectivity index (χ0) is 26.6. The molecule has 11 heteroatoms. The van der Waals surface area contributed by atoms with Crippen molar-refractivity contribution in [3.05, 3.63) is 106 Å². The van der Waals surface area contributed by atoms with Gasteiger partial charge in [0.2, 0.25) is 5.91 Å². The smallest absolute Gasteiger partial charge is 0.335 e. The third-order valence-corrected chi connectivity index (χ3v) is 6.42. The molecule has 1 atom stereocenters. The van der Waals surface area contributed by atoms with Crippen molar-refractivity contribution in [1.29, 1.82) is 0 Å². The van der Waals surface area contributed by atoms with Gasteiger partial charge in [0.25, 0.3) is 5.91 Å². The van der Waals surface area contributed by atoms with Crippen molar-refractivity contribution in [2.24, 2.45) is 0 Å². The number of rotatable bonds is 6. The summed E-state index contributed by atoms with van der Waals surface area (Å²) in [5.74, 6) is -1.92. The van der Waals surface area contributed by atoms with Gasteiger partial charge in [0, 0.05) is 28.9 Å². The first-order chi connectivity index (χ1) is 18.4. The van der Waals surface area contributed by atoms with Crippen LogP contribution in [-0.4, -0.2) is 54.5 Å². The number of nitrogens with zero attached hydrogens (tertiary/aromatic N) is 5. The Kier molecular flexibility index (Phi) is 6.96. The van der Waals surface area contributed by atoms with E-state index in [2.05, 4.69) is 20.8 Å². The molecule has 1 aliphatic rings. The van der Waals surface area contributed by atoms with Crippen molar-refractivity contribution < 1.29 is 19.5 Å². The normalized spacial score (nSPS) is 14.8. The van der Waals surface area contributed by atoms with Crippen LogP contribution < -0.4 is 5.32 Å². The van der Waals surface area contributed by atoms with Crippen LogP contribution in [0.25, 0.3) is 11.8 Å². The number of carboxylic acid groups (broad SMARTS) is 1. The molecule has 4 aromatic rings. The maximum absolute atomic E-state index is 13.5. The number of carboxylic acids is 1. The van der Waals surface area contributed by atoms with Crippen LogP contribution in [0.15, 0.2) is 79.1 Å². The van der Waals surface area contributed by atoms with Crippen molar-refractivity contribution >= 4 is 41.1 Å². The second-order valence-electron chi connectivity index (χ2n) is 8.55. The Morgan fingerprint density at radius 3 is 2.68 bits per heavy atom. The number of hydrogen-bond donors (Lipinski definition) is 2. The van der Waals surface area contributed by atoms with Gasteiger partial charge in [-0.25, -0.2) is 4.79 Å². The number of amides is 2. The van der Waals surface area contributed by atoms with Crippen LogP contribution in [0, 0.1) is 0 Å². The third-order valence-electron chi connectivity index (χ3n) is 6.18. The minimum absolute atomic E-state index is 0.0441. The fourth-order valence-electron chi connectivity index (χ4n) is 4.42. The van der Waals surface area contributed by atoms with Gasteiger partial charge < -0.3 is 15.3 Å². The van der Waals surface area contributed by atoms with E-state index in [-0.39, 0.29) is 11.5 Å². The highest BCUT2D eigenvalue weighted by Crippen LogP contribution is 2.31. The van der Waals surface area contributed by atoms with Crippen molar-refractivity contribution in [2.45, 2.75) is 12.5 Å². The summed E-state index contributed by atoms with van der Waals surface area (Å²) in [4.78, 5) is 39.9. The van der Waals surface area contributed by atoms with Crippen molar-refractivity contribution in [2.75, 3.05) is 11.9 Å². The number of hydrogen-bond acceptors (Lipinski definition) is 6. The SMILES string of the molecule is O=C(O)c1cccc(NC(=O)C2c3ccccc3CCN2C(=O)C=Cc2cc(Cl)ccc2-n2cnnn2)c1. The molecule has 10 nitrogen and oxygen atoms in total. The Balaban J connectivity index is 1.45. The molecule has 190 valence electrons. The molecular weight excluding hydrogens is 508 g/mol. The predicted octanol–water partition coefficient (Wildman–Crippen LogP) is 3.79. The van der Waals surface area contributed by atoms with E-state index >= 15 is 0 Å². The van der Waals surface area contributed by atoms with Gasteiger partial charge in [-0.05, 0) is 70.4 Å². The van der Waals surface area contributed by atoms with Crippen LogP contribution in [0.5, 0.6) is 0 Å². The Hall–Kier alpha value is -4.83. The van der Waals surface area contributed by atoms with Crippen LogP contribution in [0.3, 0.4) is 0 Å². The van der Waals surface area contributed by atoms with Crippen molar-refractivity contribution in [3.8, 4) is 5.69 Å². The summed E-state index contributed by atoms with van der Waals surface area (Å²) in [7, 11) is 0. The van der Waals surface area contributed by atoms with Crippen LogP contribution in [0.2, 0.25) is 5.02 Å². The highest BCUT2D eigenvalue weighted by atomic mass is 35.5. The number of aromatic nitrogens is 4. The van der Waals surface area contributed by atoms with Gasteiger partial charge in [-0.3, -0.25) is 9.59 Å². The van der Waals surface area contributed by atoms with E-state index in [0.29, 0.717) is 40.5 Å². The monoisotopic (exact) mass is 528 g/mol. The van der Waals surface area contributed by atoms with Gasteiger partial charge in [0.05, 0.1) is 11.3 Å². The first-order valence-corrected chi connectivity index (χ1v) is 12.0. The molecule has 1 aliphatic heterocycles. The molecule has 0 radical (unpaired) electrons. The van der Waals surface area contributed by atoms with E-state index in [1.807, 2.05) is 24.3 Å². The topological polar surface area (TPSA) is 130 Å². The molecule has 0 saturated carbocycles.